The Balaban J connectivity index is 0. The molecule has 2 nitrogen and oxygen atoms in total. The summed E-state index contributed by atoms with van der Waals surface area (Å²) in [4.78, 5) is 10.8. The van der Waals surface area contributed by atoms with Gasteiger partial charge < -0.3 is 5.32 Å². The summed E-state index contributed by atoms with van der Waals surface area (Å²) in [6.07, 6.45) is 4.90. The molecule has 0 radical (unpaired) electrons. The smallest absolute Gasteiger partial charge is 0.217 e. The van der Waals surface area contributed by atoms with Crippen LogP contribution in [0.4, 0.5) is 0 Å². The molecule has 1 amide bonds. The predicted molar refractivity (Wildman–Crippen MR) is 72.7 cm³/mol. The van der Waals surface area contributed by atoms with Crippen molar-refractivity contribution >= 4 is 29.1 Å². The highest BCUT2D eigenvalue weighted by Gasteiger charge is 2.05. The second-order valence-electron chi connectivity index (χ2n) is 2.75. The van der Waals surface area contributed by atoms with Crippen molar-refractivity contribution in [3.05, 3.63) is 34.9 Å². The molecule has 0 fully saturated rings. The number of nitrogens with one attached hydrogen (secondary N) is 1. The normalized spacial score (nSPS) is 11.8. The summed E-state index contributed by atoms with van der Waals surface area (Å²) in [5.74, 6) is -0.0915. The van der Waals surface area contributed by atoms with Crippen molar-refractivity contribution in [1.29, 1.82) is 0 Å². The molecule has 1 N–H and O–H groups in total. The second kappa shape index (κ2) is 10.8. The number of allylic oxidation sites excluding steroid dienone is 2. The standard InChI is InChI=1S/C10H13Cl2NO.C2H6/c1-4-9(5-6-10(11)12)7(2)13-8(3)14;1-2/h4-7H,1H2,2-3H3,(H,13,14);1-2H3/b9-5+;. The minimum atomic E-state index is -0.103. The summed E-state index contributed by atoms with van der Waals surface area (Å²) in [5.41, 5.74) is 0.846. The van der Waals surface area contributed by atoms with E-state index in [0.29, 0.717) is 0 Å². The predicted octanol–water partition coefficient (Wildman–Crippen LogP) is 3.97. The van der Waals surface area contributed by atoms with E-state index in [2.05, 4.69) is 11.9 Å². The number of rotatable bonds is 4. The van der Waals surface area contributed by atoms with E-state index in [-0.39, 0.29) is 16.4 Å². The van der Waals surface area contributed by atoms with Crippen LogP contribution in [0.25, 0.3) is 0 Å². The fourth-order valence-electron chi connectivity index (χ4n) is 0.937. The molecule has 4 heteroatoms. The van der Waals surface area contributed by atoms with Gasteiger partial charge in [-0.1, -0.05) is 55.8 Å². The lowest BCUT2D eigenvalue weighted by molar-refractivity contribution is -0.119. The van der Waals surface area contributed by atoms with E-state index in [9.17, 15) is 4.79 Å². The summed E-state index contributed by atoms with van der Waals surface area (Å²) < 4.78 is 0.166. The number of hydrogen-bond acceptors (Lipinski definition) is 1. The third-order valence-electron chi connectivity index (χ3n) is 1.56. The summed E-state index contributed by atoms with van der Waals surface area (Å²) in [5, 5.41) is 2.72. The quantitative estimate of drug-likeness (QED) is 0.765. The first kappa shape index (κ1) is 17.7. The van der Waals surface area contributed by atoms with Crippen LogP contribution < -0.4 is 5.32 Å². The summed E-state index contributed by atoms with van der Waals surface area (Å²) in [6.45, 7) is 10.9. The molecule has 0 bridgehead atoms. The molecule has 0 saturated heterocycles. The molecule has 0 heterocycles. The van der Waals surface area contributed by atoms with Crippen LogP contribution >= 0.6 is 23.2 Å². The molecule has 0 aliphatic carbocycles. The van der Waals surface area contributed by atoms with Gasteiger partial charge in [0.25, 0.3) is 0 Å². The van der Waals surface area contributed by atoms with Gasteiger partial charge in [0.2, 0.25) is 5.91 Å². The van der Waals surface area contributed by atoms with Gasteiger partial charge in [-0.3, -0.25) is 4.79 Å². The molecule has 0 aromatic rings. The first-order chi connectivity index (χ1) is 7.47. The molecule has 0 rings (SSSR count). The van der Waals surface area contributed by atoms with Gasteiger partial charge in [-0.25, -0.2) is 0 Å². The Morgan fingerprint density at radius 3 is 2.12 bits per heavy atom. The topological polar surface area (TPSA) is 29.1 Å². The number of amides is 1. The van der Waals surface area contributed by atoms with Gasteiger partial charge in [0.15, 0.2) is 0 Å². The summed E-state index contributed by atoms with van der Waals surface area (Å²) >= 11 is 10.9. The van der Waals surface area contributed by atoms with Crippen molar-refractivity contribution in [2.75, 3.05) is 0 Å². The highest BCUT2D eigenvalue weighted by molar-refractivity contribution is 6.55. The first-order valence-electron chi connectivity index (χ1n) is 5.09. The van der Waals surface area contributed by atoms with E-state index < -0.39 is 0 Å². The zero-order valence-corrected chi connectivity index (χ0v) is 11.7. The average Bonchev–Trinajstić information content (AvgIpc) is 2.20. The van der Waals surface area contributed by atoms with Crippen molar-refractivity contribution in [1.82, 2.24) is 5.32 Å². The molecule has 0 aliphatic heterocycles. The van der Waals surface area contributed by atoms with E-state index >= 15 is 0 Å². The van der Waals surface area contributed by atoms with Crippen molar-refractivity contribution in [3.63, 3.8) is 0 Å². The molecule has 0 saturated carbocycles. The Kier molecular flexibility index (Phi) is 11.9. The van der Waals surface area contributed by atoms with Gasteiger partial charge in [-0.05, 0) is 18.6 Å². The molecule has 0 spiro atoms. The Morgan fingerprint density at radius 1 is 1.31 bits per heavy atom. The fraction of sp³-hybridized carbons (Fsp3) is 0.417. The van der Waals surface area contributed by atoms with Crippen molar-refractivity contribution < 1.29 is 4.79 Å². The lowest BCUT2D eigenvalue weighted by Gasteiger charge is -2.12. The Labute approximate surface area is 108 Å². The van der Waals surface area contributed by atoms with E-state index in [1.165, 1.54) is 6.92 Å². The number of carbonyl (C=O) groups excluding carboxylic acids is 1. The minimum absolute atomic E-state index is 0.0915. The SMILES string of the molecule is C=C/C(=C\C=C(Cl)Cl)C(C)NC(C)=O.CC. The maximum Gasteiger partial charge on any atom is 0.217 e. The first-order valence-corrected chi connectivity index (χ1v) is 5.85. The second-order valence-corrected chi connectivity index (χ2v) is 3.76. The van der Waals surface area contributed by atoms with Crippen LogP contribution in [0.2, 0.25) is 0 Å². The zero-order chi connectivity index (χ0) is 13.1. The molecule has 1 unspecified atom stereocenters. The van der Waals surface area contributed by atoms with E-state index in [1.807, 2.05) is 20.8 Å². The molecule has 0 aromatic carbocycles. The highest BCUT2D eigenvalue weighted by Crippen LogP contribution is 2.10. The van der Waals surface area contributed by atoms with E-state index in [0.717, 1.165) is 5.57 Å². The van der Waals surface area contributed by atoms with Crippen molar-refractivity contribution in [2.24, 2.45) is 0 Å². The maximum absolute atomic E-state index is 10.8. The number of halogens is 2. The third-order valence-corrected chi connectivity index (χ3v) is 1.81. The molecule has 0 aliphatic rings. The van der Waals surface area contributed by atoms with Crippen LogP contribution in [-0.2, 0) is 4.79 Å². The molecular weight excluding hydrogens is 245 g/mol. The lowest BCUT2D eigenvalue weighted by Crippen LogP contribution is -2.31. The van der Waals surface area contributed by atoms with Crippen LogP contribution in [0.3, 0.4) is 0 Å². The third kappa shape index (κ3) is 9.81. The van der Waals surface area contributed by atoms with Crippen LogP contribution in [-0.4, -0.2) is 11.9 Å². The van der Waals surface area contributed by atoms with Gasteiger partial charge >= 0.3 is 0 Å². The number of hydrogen-bond donors (Lipinski definition) is 1. The van der Waals surface area contributed by atoms with Crippen molar-refractivity contribution in [3.8, 4) is 0 Å². The number of carbonyl (C=O) groups is 1. The van der Waals surface area contributed by atoms with Gasteiger partial charge in [0.05, 0.1) is 6.04 Å². The summed E-state index contributed by atoms with van der Waals surface area (Å²) in [7, 11) is 0. The molecular formula is C12H19Cl2NO. The lowest BCUT2D eigenvalue weighted by atomic mass is 10.1. The van der Waals surface area contributed by atoms with E-state index in [4.69, 9.17) is 23.2 Å². The van der Waals surface area contributed by atoms with Crippen molar-refractivity contribution in [2.45, 2.75) is 33.7 Å². The monoisotopic (exact) mass is 263 g/mol. The molecule has 92 valence electrons. The average molecular weight is 264 g/mol. The largest absolute Gasteiger partial charge is 0.350 e. The van der Waals surface area contributed by atoms with Gasteiger partial charge in [0, 0.05) is 6.92 Å². The van der Waals surface area contributed by atoms with Gasteiger partial charge in [-0.15, -0.1) is 0 Å². The fourth-order valence-corrected chi connectivity index (χ4v) is 1.06. The molecule has 0 aromatic heterocycles. The van der Waals surface area contributed by atoms with E-state index in [1.54, 1.807) is 18.2 Å². The highest BCUT2D eigenvalue weighted by atomic mass is 35.5. The molecule has 1 atom stereocenters. The van der Waals surface area contributed by atoms with Crippen LogP contribution in [0, 0.1) is 0 Å². The Hall–Kier alpha value is -0.730. The Morgan fingerprint density at radius 2 is 1.81 bits per heavy atom. The van der Waals surface area contributed by atoms with Crippen LogP contribution in [0.5, 0.6) is 0 Å². The van der Waals surface area contributed by atoms with Crippen LogP contribution in [0.15, 0.2) is 34.9 Å². The van der Waals surface area contributed by atoms with Gasteiger partial charge in [0.1, 0.15) is 4.49 Å². The minimum Gasteiger partial charge on any atom is -0.350 e. The summed E-state index contributed by atoms with van der Waals surface area (Å²) in [6, 6.07) is -0.103. The maximum atomic E-state index is 10.8. The van der Waals surface area contributed by atoms with Gasteiger partial charge in [-0.2, -0.15) is 0 Å². The van der Waals surface area contributed by atoms with Crippen LogP contribution in [0.1, 0.15) is 27.7 Å². The molecule has 16 heavy (non-hydrogen) atoms. The zero-order valence-electron chi connectivity index (χ0n) is 10.2. The Bertz CT molecular complexity index is 279.